The highest BCUT2D eigenvalue weighted by Crippen LogP contribution is 2.24. The van der Waals surface area contributed by atoms with Gasteiger partial charge in [0.25, 0.3) is 0 Å². The molecule has 0 N–H and O–H groups in total. The van der Waals surface area contributed by atoms with E-state index in [2.05, 4.69) is 6.26 Å². The molecule has 1 aliphatic rings. The molecule has 0 radical (unpaired) electrons. The molecule has 1 fully saturated rings. The van der Waals surface area contributed by atoms with Crippen LogP contribution in [0.3, 0.4) is 0 Å². The molecule has 1 atom stereocenters. The third kappa shape index (κ3) is 3.61. The van der Waals surface area contributed by atoms with E-state index in [0.29, 0.717) is 11.7 Å². The van der Waals surface area contributed by atoms with Crippen LogP contribution in [-0.2, 0) is 4.79 Å². The SMILES string of the molecule is CSCCC1CCCCC(=O)C1. The van der Waals surface area contributed by atoms with Gasteiger partial charge in [-0.05, 0) is 37.2 Å². The molecule has 0 amide bonds. The monoisotopic (exact) mass is 186 g/mol. The van der Waals surface area contributed by atoms with Crippen molar-refractivity contribution in [3.63, 3.8) is 0 Å². The highest BCUT2D eigenvalue weighted by atomic mass is 32.2. The minimum absolute atomic E-state index is 0.499. The van der Waals surface area contributed by atoms with Crippen LogP contribution >= 0.6 is 11.8 Å². The molecule has 12 heavy (non-hydrogen) atoms. The third-order valence-electron chi connectivity index (χ3n) is 2.56. The molecule has 1 rings (SSSR count). The van der Waals surface area contributed by atoms with Crippen LogP contribution in [0, 0.1) is 5.92 Å². The first-order valence-corrected chi connectivity index (χ1v) is 6.23. The van der Waals surface area contributed by atoms with E-state index in [-0.39, 0.29) is 0 Å². The van der Waals surface area contributed by atoms with E-state index in [1.165, 1.54) is 25.0 Å². The maximum atomic E-state index is 11.2. The zero-order valence-electron chi connectivity index (χ0n) is 7.84. The second kappa shape index (κ2) is 5.63. The van der Waals surface area contributed by atoms with E-state index in [1.807, 2.05) is 11.8 Å². The predicted molar refractivity (Wildman–Crippen MR) is 54.6 cm³/mol. The van der Waals surface area contributed by atoms with Crippen LogP contribution < -0.4 is 0 Å². The van der Waals surface area contributed by atoms with Gasteiger partial charge in [0.15, 0.2) is 0 Å². The number of hydrogen-bond acceptors (Lipinski definition) is 2. The van der Waals surface area contributed by atoms with E-state index in [0.717, 1.165) is 19.3 Å². The van der Waals surface area contributed by atoms with Crippen molar-refractivity contribution in [3.8, 4) is 0 Å². The van der Waals surface area contributed by atoms with Gasteiger partial charge < -0.3 is 0 Å². The van der Waals surface area contributed by atoms with Gasteiger partial charge in [-0.2, -0.15) is 11.8 Å². The summed E-state index contributed by atoms with van der Waals surface area (Å²) < 4.78 is 0. The van der Waals surface area contributed by atoms with Crippen molar-refractivity contribution in [2.24, 2.45) is 5.92 Å². The zero-order chi connectivity index (χ0) is 8.81. The van der Waals surface area contributed by atoms with E-state index in [4.69, 9.17) is 0 Å². The van der Waals surface area contributed by atoms with Crippen LogP contribution in [0.4, 0.5) is 0 Å². The van der Waals surface area contributed by atoms with Crippen LogP contribution in [-0.4, -0.2) is 17.8 Å². The molecule has 2 heteroatoms. The first-order valence-electron chi connectivity index (χ1n) is 4.83. The zero-order valence-corrected chi connectivity index (χ0v) is 8.66. The summed E-state index contributed by atoms with van der Waals surface area (Å²) in [5, 5.41) is 0. The Labute approximate surface area is 79.3 Å². The summed E-state index contributed by atoms with van der Waals surface area (Å²) in [6.07, 6.45) is 8.77. The van der Waals surface area contributed by atoms with Crippen molar-refractivity contribution < 1.29 is 4.79 Å². The Morgan fingerprint density at radius 1 is 1.50 bits per heavy atom. The van der Waals surface area contributed by atoms with Crippen LogP contribution in [0.1, 0.15) is 38.5 Å². The van der Waals surface area contributed by atoms with Crippen molar-refractivity contribution in [2.45, 2.75) is 38.5 Å². The molecule has 0 saturated heterocycles. The lowest BCUT2D eigenvalue weighted by Gasteiger charge is -2.11. The van der Waals surface area contributed by atoms with Gasteiger partial charge in [0, 0.05) is 12.8 Å². The van der Waals surface area contributed by atoms with Gasteiger partial charge in [-0.25, -0.2) is 0 Å². The molecule has 0 aromatic carbocycles. The predicted octanol–water partition coefficient (Wildman–Crippen LogP) is 2.89. The van der Waals surface area contributed by atoms with Gasteiger partial charge in [0.05, 0.1) is 0 Å². The summed E-state index contributed by atoms with van der Waals surface area (Å²) in [5.41, 5.74) is 0. The molecule has 0 aliphatic heterocycles. The lowest BCUT2D eigenvalue weighted by molar-refractivity contribution is -0.119. The number of hydrogen-bond donors (Lipinski definition) is 0. The fraction of sp³-hybridized carbons (Fsp3) is 0.900. The quantitative estimate of drug-likeness (QED) is 0.630. The fourth-order valence-electron chi connectivity index (χ4n) is 1.81. The number of rotatable bonds is 3. The topological polar surface area (TPSA) is 17.1 Å². The van der Waals surface area contributed by atoms with Gasteiger partial charge in [-0.1, -0.05) is 6.42 Å². The Morgan fingerprint density at radius 2 is 2.33 bits per heavy atom. The fourth-order valence-corrected chi connectivity index (χ4v) is 2.38. The van der Waals surface area contributed by atoms with E-state index in [9.17, 15) is 4.79 Å². The number of carbonyl (C=O) groups excluding carboxylic acids is 1. The lowest BCUT2D eigenvalue weighted by atomic mass is 9.97. The molecule has 0 heterocycles. The van der Waals surface area contributed by atoms with Crippen molar-refractivity contribution >= 4 is 17.5 Å². The number of Topliss-reactive ketones (excluding diaryl/α,β-unsaturated/α-hetero) is 1. The van der Waals surface area contributed by atoms with E-state index in [1.54, 1.807) is 0 Å². The van der Waals surface area contributed by atoms with Crippen molar-refractivity contribution in [2.75, 3.05) is 12.0 Å². The highest BCUT2D eigenvalue weighted by molar-refractivity contribution is 7.98. The van der Waals surface area contributed by atoms with Gasteiger partial charge in [-0.3, -0.25) is 4.79 Å². The van der Waals surface area contributed by atoms with Crippen LogP contribution in [0.15, 0.2) is 0 Å². The highest BCUT2D eigenvalue weighted by Gasteiger charge is 2.16. The van der Waals surface area contributed by atoms with Crippen LogP contribution in [0.5, 0.6) is 0 Å². The average Bonchev–Trinajstić information content (AvgIpc) is 2.26. The second-order valence-electron chi connectivity index (χ2n) is 3.64. The van der Waals surface area contributed by atoms with Gasteiger partial charge in [0.1, 0.15) is 5.78 Å². The molecule has 0 aromatic heterocycles. The van der Waals surface area contributed by atoms with Crippen LogP contribution in [0.25, 0.3) is 0 Å². The van der Waals surface area contributed by atoms with Gasteiger partial charge >= 0.3 is 0 Å². The first kappa shape index (κ1) is 10.1. The number of thioether (sulfide) groups is 1. The second-order valence-corrected chi connectivity index (χ2v) is 4.62. The maximum Gasteiger partial charge on any atom is 0.133 e. The maximum absolute atomic E-state index is 11.2. The minimum Gasteiger partial charge on any atom is -0.300 e. The van der Waals surface area contributed by atoms with Crippen LogP contribution in [0.2, 0.25) is 0 Å². The lowest BCUT2D eigenvalue weighted by Crippen LogP contribution is -2.05. The molecule has 70 valence electrons. The van der Waals surface area contributed by atoms with E-state index >= 15 is 0 Å². The summed E-state index contributed by atoms with van der Waals surface area (Å²) in [5.74, 6) is 2.42. The van der Waals surface area contributed by atoms with Crippen molar-refractivity contribution in [1.29, 1.82) is 0 Å². The Hall–Kier alpha value is 0.0200. The van der Waals surface area contributed by atoms with Crippen molar-refractivity contribution in [3.05, 3.63) is 0 Å². The molecule has 0 bridgehead atoms. The molecular formula is C10H18OS. The largest absolute Gasteiger partial charge is 0.300 e. The number of ketones is 1. The normalized spacial score (nSPS) is 25.4. The summed E-state index contributed by atoms with van der Waals surface area (Å²) >= 11 is 1.89. The molecule has 1 aliphatic carbocycles. The molecule has 0 aromatic rings. The Balaban J connectivity index is 2.26. The molecule has 0 spiro atoms. The molecule has 1 nitrogen and oxygen atoms in total. The minimum atomic E-state index is 0.499. The Kier molecular flexibility index (Phi) is 4.74. The number of carbonyl (C=O) groups is 1. The Bertz CT molecular complexity index is 145. The smallest absolute Gasteiger partial charge is 0.133 e. The Morgan fingerprint density at radius 3 is 3.08 bits per heavy atom. The average molecular weight is 186 g/mol. The first-order chi connectivity index (χ1) is 5.83. The standard InChI is InChI=1S/C10H18OS/c1-12-7-6-9-4-2-3-5-10(11)8-9/h9H,2-8H2,1H3. The molecular weight excluding hydrogens is 168 g/mol. The summed E-state index contributed by atoms with van der Waals surface area (Å²) in [6, 6.07) is 0. The van der Waals surface area contributed by atoms with Crippen molar-refractivity contribution in [1.82, 2.24) is 0 Å². The third-order valence-corrected chi connectivity index (χ3v) is 3.21. The summed E-state index contributed by atoms with van der Waals surface area (Å²) in [4.78, 5) is 11.2. The molecule has 1 saturated carbocycles. The van der Waals surface area contributed by atoms with Gasteiger partial charge in [0.2, 0.25) is 0 Å². The van der Waals surface area contributed by atoms with Gasteiger partial charge in [-0.15, -0.1) is 0 Å². The molecule has 1 unspecified atom stereocenters. The summed E-state index contributed by atoms with van der Waals surface area (Å²) in [7, 11) is 0. The van der Waals surface area contributed by atoms with E-state index < -0.39 is 0 Å². The summed E-state index contributed by atoms with van der Waals surface area (Å²) in [6.45, 7) is 0.